The average molecular weight is 472 g/mol. The SMILES string of the molecule is Cc1ccc(NC(=O)C(C)N2CCN(S(=O)(=O)c3cccs3)CC2)c(Br)c1. The number of amides is 1. The lowest BCUT2D eigenvalue weighted by Gasteiger charge is -2.36. The van der Waals surface area contributed by atoms with E-state index < -0.39 is 10.0 Å². The molecule has 1 atom stereocenters. The van der Waals surface area contributed by atoms with Gasteiger partial charge in [0.2, 0.25) is 5.91 Å². The van der Waals surface area contributed by atoms with Gasteiger partial charge in [-0.1, -0.05) is 12.1 Å². The predicted molar refractivity (Wildman–Crippen MR) is 112 cm³/mol. The van der Waals surface area contributed by atoms with Crippen LogP contribution in [-0.2, 0) is 14.8 Å². The second-order valence-electron chi connectivity index (χ2n) is 6.52. The van der Waals surface area contributed by atoms with Gasteiger partial charge in [0.1, 0.15) is 4.21 Å². The number of anilines is 1. The smallest absolute Gasteiger partial charge is 0.252 e. The number of carbonyl (C=O) groups is 1. The van der Waals surface area contributed by atoms with Crippen molar-refractivity contribution in [3.05, 3.63) is 45.7 Å². The third-order valence-electron chi connectivity index (χ3n) is 4.67. The van der Waals surface area contributed by atoms with E-state index in [1.165, 1.54) is 15.6 Å². The molecule has 1 unspecified atom stereocenters. The molecule has 1 N–H and O–H groups in total. The Morgan fingerprint density at radius 2 is 1.93 bits per heavy atom. The van der Waals surface area contributed by atoms with E-state index in [1.807, 2.05) is 36.9 Å². The Labute approximate surface area is 172 Å². The van der Waals surface area contributed by atoms with Gasteiger partial charge in [-0.2, -0.15) is 4.31 Å². The average Bonchev–Trinajstić information content (AvgIpc) is 3.19. The Kier molecular flexibility index (Phi) is 6.37. The molecule has 6 nitrogen and oxygen atoms in total. The second-order valence-corrected chi connectivity index (χ2v) is 10.5. The zero-order valence-electron chi connectivity index (χ0n) is 15.2. The number of nitrogens with zero attached hydrogens (tertiary/aromatic N) is 2. The third-order valence-corrected chi connectivity index (χ3v) is 8.60. The first-order valence-electron chi connectivity index (χ1n) is 8.64. The van der Waals surface area contributed by atoms with Crippen LogP contribution < -0.4 is 5.32 Å². The van der Waals surface area contributed by atoms with Gasteiger partial charge in [0.15, 0.2) is 0 Å². The number of halogens is 1. The van der Waals surface area contributed by atoms with Crippen molar-refractivity contribution >= 4 is 48.9 Å². The molecule has 2 heterocycles. The number of hydrogen-bond acceptors (Lipinski definition) is 5. The van der Waals surface area contributed by atoms with E-state index in [9.17, 15) is 13.2 Å². The summed E-state index contributed by atoms with van der Waals surface area (Å²) in [4.78, 5) is 14.6. The normalized spacial score (nSPS) is 17.6. The van der Waals surface area contributed by atoms with E-state index >= 15 is 0 Å². The fraction of sp³-hybridized carbons (Fsp3) is 0.389. The van der Waals surface area contributed by atoms with Crippen LogP contribution in [0.2, 0.25) is 0 Å². The van der Waals surface area contributed by atoms with E-state index in [1.54, 1.807) is 17.5 Å². The molecule has 2 aromatic rings. The van der Waals surface area contributed by atoms with Crippen molar-refractivity contribution in [1.29, 1.82) is 0 Å². The highest BCUT2D eigenvalue weighted by Crippen LogP contribution is 2.25. The molecule has 1 fully saturated rings. The second kappa shape index (κ2) is 8.40. The number of thiophene rings is 1. The van der Waals surface area contributed by atoms with Crippen molar-refractivity contribution in [2.24, 2.45) is 0 Å². The third kappa shape index (κ3) is 4.60. The molecule has 27 heavy (non-hydrogen) atoms. The van der Waals surface area contributed by atoms with Crippen molar-refractivity contribution in [1.82, 2.24) is 9.21 Å². The van der Waals surface area contributed by atoms with Gasteiger partial charge in [0.25, 0.3) is 10.0 Å². The fourth-order valence-corrected chi connectivity index (χ4v) is 6.15. The first-order valence-corrected chi connectivity index (χ1v) is 11.7. The summed E-state index contributed by atoms with van der Waals surface area (Å²) in [5.41, 5.74) is 1.84. The van der Waals surface area contributed by atoms with Gasteiger partial charge in [-0.15, -0.1) is 11.3 Å². The summed E-state index contributed by atoms with van der Waals surface area (Å²) in [5, 5.41) is 4.70. The lowest BCUT2D eigenvalue weighted by atomic mass is 10.2. The number of benzene rings is 1. The van der Waals surface area contributed by atoms with Gasteiger partial charge in [-0.3, -0.25) is 9.69 Å². The van der Waals surface area contributed by atoms with E-state index in [-0.39, 0.29) is 11.9 Å². The molecule has 1 aromatic carbocycles. The molecule has 0 radical (unpaired) electrons. The largest absolute Gasteiger partial charge is 0.324 e. The summed E-state index contributed by atoms with van der Waals surface area (Å²) in [5.74, 6) is -0.103. The lowest BCUT2D eigenvalue weighted by Crippen LogP contribution is -2.53. The maximum atomic E-state index is 12.6. The minimum Gasteiger partial charge on any atom is -0.324 e. The summed E-state index contributed by atoms with van der Waals surface area (Å²) in [6.45, 7) is 5.64. The molecule has 146 valence electrons. The van der Waals surface area contributed by atoms with Gasteiger partial charge in [0, 0.05) is 30.7 Å². The highest BCUT2D eigenvalue weighted by molar-refractivity contribution is 9.10. The first-order chi connectivity index (χ1) is 12.8. The Bertz CT molecular complexity index is 908. The number of aryl methyl sites for hydroxylation is 1. The van der Waals surface area contributed by atoms with Crippen LogP contribution in [0.5, 0.6) is 0 Å². The number of sulfonamides is 1. The van der Waals surface area contributed by atoms with Gasteiger partial charge < -0.3 is 5.32 Å². The molecule has 1 aromatic heterocycles. The molecular formula is C18H22BrN3O3S2. The number of hydrogen-bond donors (Lipinski definition) is 1. The first kappa shape index (κ1) is 20.5. The Morgan fingerprint density at radius 1 is 1.22 bits per heavy atom. The van der Waals surface area contributed by atoms with E-state index in [0.717, 1.165) is 15.7 Å². The van der Waals surface area contributed by atoms with Crippen LogP contribution in [0.3, 0.4) is 0 Å². The van der Waals surface area contributed by atoms with Gasteiger partial charge >= 0.3 is 0 Å². The zero-order chi connectivity index (χ0) is 19.6. The molecule has 0 spiro atoms. The standard InChI is InChI=1S/C18H22BrN3O3S2/c1-13-5-6-16(15(19)12-13)20-18(23)14(2)21-7-9-22(10-8-21)27(24,25)17-4-3-11-26-17/h3-6,11-12,14H,7-10H2,1-2H3,(H,20,23). The molecule has 1 saturated heterocycles. The molecule has 1 amide bonds. The van der Waals surface area contributed by atoms with Gasteiger partial charge in [0.05, 0.1) is 11.7 Å². The van der Waals surface area contributed by atoms with E-state index in [4.69, 9.17) is 0 Å². The van der Waals surface area contributed by atoms with Crippen molar-refractivity contribution in [2.75, 3.05) is 31.5 Å². The Balaban J connectivity index is 1.59. The lowest BCUT2D eigenvalue weighted by molar-refractivity contribution is -0.121. The fourth-order valence-electron chi connectivity index (χ4n) is 2.99. The highest BCUT2D eigenvalue weighted by Gasteiger charge is 2.32. The monoisotopic (exact) mass is 471 g/mol. The van der Waals surface area contributed by atoms with Gasteiger partial charge in [-0.05, 0) is 58.9 Å². The van der Waals surface area contributed by atoms with Crippen LogP contribution in [-0.4, -0.2) is 55.8 Å². The van der Waals surface area contributed by atoms with E-state index in [0.29, 0.717) is 30.4 Å². The number of piperazine rings is 1. The van der Waals surface area contributed by atoms with Crippen LogP contribution in [0.15, 0.2) is 44.4 Å². The van der Waals surface area contributed by atoms with Crippen molar-refractivity contribution < 1.29 is 13.2 Å². The quantitative estimate of drug-likeness (QED) is 0.726. The molecule has 0 bridgehead atoms. The summed E-state index contributed by atoms with van der Waals surface area (Å²) in [6.07, 6.45) is 0. The Morgan fingerprint density at radius 3 is 2.52 bits per heavy atom. The van der Waals surface area contributed by atoms with Crippen molar-refractivity contribution in [3.8, 4) is 0 Å². The summed E-state index contributed by atoms with van der Waals surface area (Å²) >= 11 is 4.70. The Hall–Kier alpha value is -1.26. The van der Waals surface area contributed by atoms with E-state index in [2.05, 4.69) is 21.2 Å². The molecule has 0 saturated carbocycles. The molecular weight excluding hydrogens is 450 g/mol. The molecule has 3 rings (SSSR count). The maximum Gasteiger partial charge on any atom is 0.252 e. The van der Waals surface area contributed by atoms with Crippen LogP contribution in [0.4, 0.5) is 5.69 Å². The number of carbonyl (C=O) groups excluding carboxylic acids is 1. The summed E-state index contributed by atoms with van der Waals surface area (Å²) in [7, 11) is -3.43. The topological polar surface area (TPSA) is 69.7 Å². The number of rotatable bonds is 5. The summed E-state index contributed by atoms with van der Waals surface area (Å²) < 4.78 is 27.9. The van der Waals surface area contributed by atoms with Crippen molar-refractivity contribution in [2.45, 2.75) is 24.1 Å². The highest BCUT2D eigenvalue weighted by atomic mass is 79.9. The van der Waals surface area contributed by atoms with Gasteiger partial charge in [-0.25, -0.2) is 8.42 Å². The minimum atomic E-state index is -3.43. The number of nitrogens with one attached hydrogen (secondary N) is 1. The molecule has 9 heteroatoms. The summed E-state index contributed by atoms with van der Waals surface area (Å²) in [6, 6.07) is 8.79. The van der Waals surface area contributed by atoms with Crippen LogP contribution in [0.25, 0.3) is 0 Å². The van der Waals surface area contributed by atoms with Crippen molar-refractivity contribution in [3.63, 3.8) is 0 Å². The molecule has 1 aliphatic heterocycles. The predicted octanol–water partition coefficient (Wildman–Crippen LogP) is 3.15. The van der Waals surface area contributed by atoms with Crippen LogP contribution in [0, 0.1) is 6.92 Å². The minimum absolute atomic E-state index is 0.103. The maximum absolute atomic E-state index is 12.6. The van der Waals surface area contributed by atoms with Crippen LogP contribution in [0.1, 0.15) is 12.5 Å². The van der Waals surface area contributed by atoms with Crippen LogP contribution >= 0.6 is 27.3 Å². The molecule has 0 aliphatic carbocycles. The zero-order valence-corrected chi connectivity index (χ0v) is 18.4. The molecule has 1 aliphatic rings.